The Hall–Kier alpha value is -4.31. The second-order valence-electron chi connectivity index (χ2n) is 23.3. The highest BCUT2D eigenvalue weighted by Crippen LogP contribution is 2.17. The third kappa shape index (κ3) is 65.1. The zero-order chi connectivity index (χ0) is 60.5. The van der Waals surface area contributed by atoms with Crippen molar-refractivity contribution in [3.05, 3.63) is 122 Å². The number of hydrogen-bond donors (Lipinski definition) is 0. The number of nitrogens with zero attached hydrogens (tertiary/aromatic N) is 1. The van der Waals surface area contributed by atoms with Crippen LogP contribution in [0.15, 0.2) is 122 Å². The van der Waals surface area contributed by atoms with Crippen molar-refractivity contribution in [2.75, 3.05) is 47.5 Å². The summed E-state index contributed by atoms with van der Waals surface area (Å²) in [5.74, 6) is -2.29. The Labute approximate surface area is 510 Å². The third-order valence-corrected chi connectivity index (χ3v) is 14.2. The standard InChI is InChI=1S/C74H125NO8/c1-6-8-10-12-14-16-18-20-22-24-26-28-29-30-31-32-33-34-35-36-37-38-39-40-41-42-43-45-47-49-51-53-55-57-59-61-63-65-72(77)83-70(69-82-74(73(78)79)80-67-66-75(3,4)5)68-81-71(76)64-62-60-58-56-54-52-50-48-46-44-27-25-23-21-19-17-15-13-11-9-7-2/h8-11,14-17,20-23,26-28,30-31,33-34,44,70,74H,6-7,12-13,18-19,24-25,29,32,35-43,45-69H2,1-5H3/b10-8-,11-9-,16-14-,17-15-,22-20-,23-21-,28-26-,31-30-,34-33-,44-27-. The molecule has 0 aliphatic carbocycles. The number of aliphatic carboxylic acids is 1. The van der Waals surface area contributed by atoms with E-state index in [2.05, 4.69) is 135 Å². The minimum Gasteiger partial charge on any atom is -0.545 e. The van der Waals surface area contributed by atoms with Gasteiger partial charge in [-0.1, -0.05) is 277 Å². The summed E-state index contributed by atoms with van der Waals surface area (Å²) >= 11 is 0. The van der Waals surface area contributed by atoms with Crippen molar-refractivity contribution < 1.29 is 42.9 Å². The normalized spacial score (nSPS) is 13.5. The maximum absolute atomic E-state index is 12.9. The Morgan fingerprint density at radius 2 is 0.651 bits per heavy atom. The first-order valence-electron chi connectivity index (χ1n) is 33.7. The highest BCUT2D eigenvalue weighted by Gasteiger charge is 2.22. The van der Waals surface area contributed by atoms with E-state index in [1.807, 2.05) is 21.1 Å². The first-order chi connectivity index (χ1) is 40.6. The Morgan fingerprint density at radius 3 is 0.964 bits per heavy atom. The molecule has 0 aliphatic heterocycles. The maximum Gasteiger partial charge on any atom is 0.306 e. The Morgan fingerprint density at radius 1 is 0.361 bits per heavy atom. The quantitative estimate of drug-likeness (QED) is 0.0195. The number of carbonyl (C=O) groups excluding carboxylic acids is 3. The molecule has 0 aromatic heterocycles. The summed E-state index contributed by atoms with van der Waals surface area (Å²) in [5, 5.41) is 11.8. The first kappa shape index (κ1) is 78.7. The molecule has 0 saturated heterocycles. The molecule has 83 heavy (non-hydrogen) atoms. The molecule has 0 aliphatic rings. The van der Waals surface area contributed by atoms with Gasteiger partial charge in [-0.15, -0.1) is 0 Å². The van der Waals surface area contributed by atoms with Gasteiger partial charge in [0.05, 0.1) is 40.3 Å². The van der Waals surface area contributed by atoms with Gasteiger partial charge in [-0.2, -0.15) is 0 Å². The van der Waals surface area contributed by atoms with Crippen LogP contribution in [-0.2, 0) is 33.3 Å². The molecule has 0 spiro atoms. The van der Waals surface area contributed by atoms with E-state index < -0.39 is 24.3 Å². The molecule has 2 unspecified atom stereocenters. The van der Waals surface area contributed by atoms with Crippen LogP contribution >= 0.6 is 0 Å². The maximum atomic E-state index is 12.9. The van der Waals surface area contributed by atoms with Crippen LogP contribution in [0.4, 0.5) is 0 Å². The van der Waals surface area contributed by atoms with Gasteiger partial charge in [0.15, 0.2) is 12.4 Å². The van der Waals surface area contributed by atoms with Crippen molar-refractivity contribution in [2.45, 2.75) is 283 Å². The van der Waals surface area contributed by atoms with Gasteiger partial charge >= 0.3 is 11.9 Å². The van der Waals surface area contributed by atoms with Crippen LogP contribution in [0.1, 0.15) is 271 Å². The van der Waals surface area contributed by atoms with Gasteiger partial charge in [-0.25, -0.2) is 0 Å². The monoisotopic (exact) mass is 1160 g/mol. The molecule has 2 atom stereocenters. The van der Waals surface area contributed by atoms with Gasteiger partial charge in [-0.3, -0.25) is 9.59 Å². The second kappa shape index (κ2) is 63.7. The van der Waals surface area contributed by atoms with Crippen molar-refractivity contribution in [2.24, 2.45) is 0 Å². The lowest BCUT2D eigenvalue weighted by molar-refractivity contribution is -0.870. The van der Waals surface area contributed by atoms with Crippen molar-refractivity contribution >= 4 is 17.9 Å². The molecule has 474 valence electrons. The van der Waals surface area contributed by atoms with Gasteiger partial charge in [-0.05, 0) is 103 Å². The van der Waals surface area contributed by atoms with Crippen LogP contribution < -0.4 is 5.11 Å². The average molecular weight is 1160 g/mol. The molecular weight excluding hydrogens is 1030 g/mol. The Bertz CT molecular complexity index is 1780. The Balaban J connectivity index is 4.10. The highest BCUT2D eigenvalue weighted by atomic mass is 16.7. The molecule has 0 heterocycles. The van der Waals surface area contributed by atoms with Crippen LogP contribution in [0.25, 0.3) is 0 Å². The summed E-state index contributed by atoms with van der Waals surface area (Å²) in [4.78, 5) is 37.4. The highest BCUT2D eigenvalue weighted by molar-refractivity contribution is 5.70. The molecule has 9 heteroatoms. The number of carbonyl (C=O) groups is 3. The van der Waals surface area contributed by atoms with Crippen LogP contribution in [0.5, 0.6) is 0 Å². The average Bonchev–Trinajstić information content (AvgIpc) is 3.46. The van der Waals surface area contributed by atoms with Gasteiger partial charge in [0.1, 0.15) is 13.2 Å². The minimum absolute atomic E-state index is 0.142. The van der Waals surface area contributed by atoms with Crippen molar-refractivity contribution in [1.82, 2.24) is 0 Å². The van der Waals surface area contributed by atoms with Crippen molar-refractivity contribution in [3.63, 3.8) is 0 Å². The lowest BCUT2D eigenvalue weighted by Crippen LogP contribution is -2.44. The molecule has 0 saturated carbocycles. The van der Waals surface area contributed by atoms with Crippen molar-refractivity contribution in [3.8, 4) is 0 Å². The summed E-state index contributed by atoms with van der Waals surface area (Å²) < 4.78 is 22.8. The number of quaternary nitrogens is 1. The van der Waals surface area contributed by atoms with E-state index in [0.29, 0.717) is 17.4 Å². The van der Waals surface area contributed by atoms with E-state index in [0.717, 1.165) is 116 Å². The fourth-order valence-electron chi connectivity index (χ4n) is 9.12. The predicted octanol–water partition coefficient (Wildman–Crippen LogP) is 19.5. The smallest absolute Gasteiger partial charge is 0.306 e. The van der Waals surface area contributed by atoms with Gasteiger partial charge in [0, 0.05) is 12.8 Å². The number of carboxylic acid groups (broad SMARTS) is 1. The minimum atomic E-state index is -1.63. The summed E-state index contributed by atoms with van der Waals surface area (Å²) in [6, 6.07) is 0. The van der Waals surface area contributed by atoms with Gasteiger partial charge < -0.3 is 33.3 Å². The molecule has 0 fully saturated rings. The second-order valence-corrected chi connectivity index (χ2v) is 23.3. The Kier molecular flexibility index (Phi) is 60.4. The number of rotatable bonds is 61. The van der Waals surface area contributed by atoms with Crippen LogP contribution in [0, 0.1) is 0 Å². The van der Waals surface area contributed by atoms with Crippen LogP contribution in [-0.4, -0.2) is 82.3 Å². The zero-order valence-corrected chi connectivity index (χ0v) is 54.0. The fourth-order valence-corrected chi connectivity index (χ4v) is 9.12. The SMILES string of the molecule is CC/C=C\C/C=C\C/C=C\C/C=C\C/C=C\C/C=C\CCCCCCCCCCCCCCCCCCCCC(=O)OC(COC(=O)CCCCCCCCCC/C=C\C/C=C\C/C=C\C/C=C\CC)COC(OCC[N+](C)(C)C)C(=O)[O-]. The summed E-state index contributed by atoms with van der Waals surface area (Å²) in [6.07, 6.45) is 87.0. The summed E-state index contributed by atoms with van der Waals surface area (Å²) in [7, 11) is 5.92. The van der Waals surface area contributed by atoms with Gasteiger partial charge in [0.25, 0.3) is 0 Å². The van der Waals surface area contributed by atoms with Crippen molar-refractivity contribution in [1.29, 1.82) is 0 Å². The lowest BCUT2D eigenvalue weighted by atomic mass is 10.0. The van der Waals surface area contributed by atoms with E-state index in [1.165, 1.54) is 122 Å². The van der Waals surface area contributed by atoms with E-state index in [4.69, 9.17) is 18.9 Å². The number of likely N-dealkylation sites (N-methyl/N-ethyl adjacent to an activating group) is 1. The van der Waals surface area contributed by atoms with E-state index in [1.54, 1.807) is 0 Å². The number of carboxylic acids is 1. The van der Waals surface area contributed by atoms with Crippen LogP contribution in [0.3, 0.4) is 0 Å². The number of unbranched alkanes of at least 4 members (excludes halogenated alkanes) is 26. The summed E-state index contributed by atoms with van der Waals surface area (Å²) in [6.45, 7) is 4.52. The topological polar surface area (TPSA) is 111 Å². The largest absolute Gasteiger partial charge is 0.545 e. The number of ether oxygens (including phenoxy) is 4. The van der Waals surface area contributed by atoms with E-state index >= 15 is 0 Å². The first-order valence-corrected chi connectivity index (χ1v) is 33.7. The molecular formula is C74H125NO8. The van der Waals surface area contributed by atoms with E-state index in [9.17, 15) is 19.5 Å². The predicted molar refractivity (Wildman–Crippen MR) is 352 cm³/mol. The lowest BCUT2D eigenvalue weighted by Gasteiger charge is -2.26. The molecule has 0 aromatic rings. The number of esters is 2. The zero-order valence-electron chi connectivity index (χ0n) is 54.0. The molecule has 0 bridgehead atoms. The number of hydrogen-bond acceptors (Lipinski definition) is 8. The van der Waals surface area contributed by atoms with Crippen LogP contribution in [0.2, 0.25) is 0 Å². The molecule has 9 nitrogen and oxygen atoms in total. The van der Waals surface area contributed by atoms with Gasteiger partial charge in [0.2, 0.25) is 0 Å². The molecule has 0 aromatic carbocycles. The molecule has 0 radical (unpaired) electrons. The molecule has 0 rings (SSSR count). The molecule has 0 amide bonds. The number of allylic oxidation sites excluding steroid dienone is 20. The van der Waals surface area contributed by atoms with E-state index in [-0.39, 0.29) is 38.6 Å². The third-order valence-electron chi connectivity index (χ3n) is 14.2. The fraction of sp³-hybridized carbons (Fsp3) is 0.689. The summed E-state index contributed by atoms with van der Waals surface area (Å²) in [5.41, 5.74) is 0. The molecule has 0 N–H and O–H groups in total.